The molecule has 2 aliphatic carbocycles. The van der Waals surface area contributed by atoms with Crippen molar-refractivity contribution in [1.82, 2.24) is 5.32 Å². The van der Waals surface area contributed by atoms with E-state index in [2.05, 4.69) is 5.32 Å². The second kappa shape index (κ2) is 4.43. The third-order valence-electron chi connectivity index (χ3n) is 3.53. The summed E-state index contributed by atoms with van der Waals surface area (Å²) in [6, 6.07) is 1.11. The standard InChI is InChI=1S/C11H21NO/c13-11-8-4-3-7-10(11)12-9-5-1-2-6-9/h9-13H,1-8H2/t10-,11+/m1/s1. The second-order valence-electron chi connectivity index (χ2n) is 4.61. The van der Waals surface area contributed by atoms with Crippen molar-refractivity contribution in [3.05, 3.63) is 0 Å². The molecule has 2 aliphatic rings. The summed E-state index contributed by atoms with van der Waals surface area (Å²) >= 11 is 0. The molecule has 2 rings (SSSR count). The van der Waals surface area contributed by atoms with Crippen LogP contribution in [0.3, 0.4) is 0 Å². The molecule has 0 aromatic carbocycles. The maximum absolute atomic E-state index is 9.77. The van der Waals surface area contributed by atoms with Gasteiger partial charge in [-0.1, -0.05) is 25.7 Å². The maximum atomic E-state index is 9.77. The minimum atomic E-state index is -0.0747. The van der Waals surface area contributed by atoms with Crippen LogP contribution in [0.5, 0.6) is 0 Å². The number of aliphatic hydroxyl groups is 1. The molecule has 0 aromatic heterocycles. The average molecular weight is 183 g/mol. The summed E-state index contributed by atoms with van der Waals surface area (Å²) in [5, 5.41) is 13.4. The molecule has 0 radical (unpaired) electrons. The van der Waals surface area contributed by atoms with Crippen molar-refractivity contribution in [1.29, 1.82) is 0 Å². The van der Waals surface area contributed by atoms with Crippen molar-refractivity contribution in [3.8, 4) is 0 Å². The Labute approximate surface area is 80.7 Å². The van der Waals surface area contributed by atoms with E-state index in [1.165, 1.54) is 44.9 Å². The van der Waals surface area contributed by atoms with E-state index in [0.29, 0.717) is 12.1 Å². The van der Waals surface area contributed by atoms with Gasteiger partial charge in [0, 0.05) is 12.1 Å². The van der Waals surface area contributed by atoms with Crippen molar-refractivity contribution < 1.29 is 5.11 Å². The third kappa shape index (κ3) is 2.44. The van der Waals surface area contributed by atoms with Crippen LogP contribution >= 0.6 is 0 Å². The van der Waals surface area contributed by atoms with Gasteiger partial charge in [0.25, 0.3) is 0 Å². The van der Waals surface area contributed by atoms with Gasteiger partial charge in [-0.3, -0.25) is 0 Å². The SMILES string of the molecule is O[C@H]1CCCC[C@H]1NC1CCCC1. The van der Waals surface area contributed by atoms with Gasteiger partial charge >= 0.3 is 0 Å². The van der Waals surface area contributed by atoms with E-state index in [0.717, 1.165) is 6.42 Å². The van der Waals surface area contributed by atoms with Gasteiger partial charge < -0.3 is 10.4 Å². The van der Waals surface area contributed by atoms with Crippen LogP contribution in [0.2, 0.25) is 0 Å². The van der Waals surface area contributed by atoms with E-state index in [4.69, 9.17) is 0 Å². The topological polar surface area (TPSA) is 32.3 Å². The summed E-state index contributed by atoms with van der Waals surface area (Å²) < 4.78 is 0. The van der Waals surface area contributed by atoms with Crippen LogP contribution < -0.4 is 5.32 Å². The molecule has 2 atom stereocenters. The Morgan fingerprint density at radius 1 is 0.846 bits per heavy atom. The molecule has 0 bridgehead atoms. The van der Waals surface area contributed by atoms with Crippen molar-refractivity contribution in [2.75, 3.05) is 0 Å². The van der Waals surface area contributed by atoms with Gasteiger partial charge in [0.1, 0.15) is 0 Å². The van der Waals surface area contributed by atoms with Crippen molar-refractivity contribution in [2.24, 2.45) is 0 Å². The molecule has 0 aliphatic heterocycles. The highest BCUT2D eigenvalue weighted by Crippen LogP contribution is 2.23. The minimum absolute atomic E-state index is 0.0747. The predicted molar refractivity (Wildman–Crippen MR) is 53.7 cm³/mol. The summed E-state index contributed by atoms with van der Waals surface area (Å²) in [5.41, 5.74) is 0. The molecule has 0 spiro atoms. The fourth-order valence-corrected chi connectivity index (χ4v) is 2.70. The quantitative estimate of drug-likeness (QED) is 0.684. The Morgan fingerprint density at radius 2 is 1.46 bits per heavy atom. The van der Waals surface area contributed by atoms with Gasteiger partial charge in [-0.15, -0.1) is 0 Å². The van der Waals surface area contributed by atoms with Crippen molar-refractivity contribution in [2.45, 2.75) is 69.6 Å². The van der Waals surface area contributed by atoms with Crippen LogP contribution in [0.15, 0.2) is 0 Å². The molecule has 0 amide bonds. The Hall–Kier alpha value is -0.0800. The lowest BCUT2D eigenvalue weighted by Crippen LogP contribution is -2.46. The van der Waals surface area contributed by atoms with Crippen LogP contribution in [-0.2, 0) is 0 Å². The van der Waals surface area contributed by atoms with E-state index in [1.807, 2.05) is 0 Å². The Bertz CT molecular complexity index is 154. The molecule has 2 saturated carbocycles. The van der Waals surface area contributed by atoms with E-state index >= 15 is 0 Å². The highest BCUT2D eigenvalue weighted by Gasteiger charge is 2.26. The van der Waals surface area contributed by atoms with E-state index < -0.39 is 0 Å². The number of hydrogen-bond donors (Lipinski definition) is 2. The number of aliphatic hydroxyl groups excluding tert-OH is 1. The fourth-order valence-electron chi connectivity index (χ4n) is 2.70. The lowest BCUT2D eigenvalue weighted by atomic mass is 9.92. The van der Waals surface area contributed by atoms with Crippen LogP contribution in [-0.4, -0.2) is 23.3 Å². The van der Waals surface area contributed by atoms with Crippen LogP contribution in [0.1, 0.15) is 51.4 Å². The van der Waals surface area contributed by atoms with Crippen LogP contribution in [0.4, 0.5) is 0 Å². The van der Waals surface area contributed by atoms with E-state index in [1.54, 1.807) is 0 Å². The molecule has 2 fully saturated rings. The predicted octanol–water partition coefficient (Wildman–Crippen LogP) is 1.82. The summed E-state index contributed by atoms with van der Waals surface area (Å²) in [7, 11) is 0. The smallest absolute Gasteiger partial charge is 0.0693 e. The van der Waals surface area contributed by atoms with E-state index in [9.17, 15) is 5.11 Å². The van der Waals surface area contributed by atoms with Gasteiger partial charge in [-0.05, 0) is 25.7 Å². The molecule has 0 heterocycles. The summed E-state index contributed by atoms with van der Waals surface area (Å²) in [5.74, 6) is 0. The number of rotatable bonds is 2. The molecule has 2 nitrogen and oxygen atoms in total. The van der Waals surface area contributed by atoms with Gasteiger partial charge in [0.2, 0.25) is 0 Å². The number of nitrogens with one attached hydrogen (secondary N) is 1. The lowest BCUT2D eigenvalue weighted by molar-refractivity contribution is 0.0852. The summed E-state index contributed by atoms with van der Waals surface area (Å²) in [6.45, 7) is 0. The molecule has 2 heteroatoms. The Kier molecular flexibility index (Phi) is 3.23. The van der Waals surface area contributed by atoms with Crippen molar-refractivity contribution in [3.63, 3.8) is 0 Å². The number of hydrogen-bond acceptors (Lipinski definition) is 2. The largest absolute Gasteiger partial charge is 0.392 e. The minimum Gasteiger partial charge on any atom is -0.392 e. The first-order valence-electron chi connectivity index (χ1n) is 5.80. The summed E-state index contributed by atoms with van der Waals surface area (Å²) in [6.07, 6.45) is 10.0. The third-order valence-corrected chi connectivity index (χ3v) is 3.53. The molecule has 2 N–H and O–H groups in total. The highest BCUT2D eigenvalue weighted by atomic mass is 16.3. The molecular formula is C11H21NO. The molecule has 0 saturated heterocycles. The van der Waals surface area contributed by atoms with E-state index in [-0.39, 0.29) is 6.10 Å². The maximum Gasteiger partial charge on any atom is 0.0693 e. The molecule has 13 heavy (non-hydrogen) atoms. The molecule has 0 aromatic rings. The molecule has 76 valence electrons. The fraction of sp³-hybridized carbons (Fsp3) is 1.00. The van der Waals surface area contributed by atoms with Gasteiger partial charge in [0.05, 0.1) is 6.10 Å². The highest BCUT2D eigenvalue weighted by molar-refractivity contribution is 4.85. The van der Waals surface area contributed by atoms with Crippen molar-refractivity contribution >= 4 is 0 Å². The first kappa shape index (κ1) is 9.47. The molecule has 0 unspecified atom stereocenters. The Morgan fingerprint density at radius 3 is 2.15 bits per heavy atom. The van der Waals surface area contributed by atoms with Gasteiger partial charge in [0.15, 0.2) is 0 Å². The zero-order chi connectivity index (χ0) is 9.10. The normalized spacial score (nSPS) is 36.7. The van der Waals surface area contributed by atoms with Crippen LogP contribution in [0.25, 0.3) is 0 Å². The second-order valence-corrected chi connectivity index (χ2v) is 4.61. The first-order chi connectivity index (χ1) is 6.36. The zero-order valence-corrected chi connectivity index (χ0v) is 8.34. The lowest BCUT2D eigenvalue weighted by Gasteiger charge is -2.31. The summed E-state index contributed by atoms with van der Waals surface area (Å²) in [4.78, 5) is 0. The van der Waals surface area contributed by atoms with Gasteiger partial charge in [-0.25, -0.2) is 0 Å². The zero-order valence-electron chi connectivity index (χ0n) is 8.34. The first-order valence-corrected chi connectivity index (χ1v) is 5.80. The Balaban J connectivity index is 1.78. The van der Waals surface area contributed by atoms with Gasteiger partial charge in [-0.2, -0.15) is 0 Å². The monoisotopic (exact) mass is 183 g/mol. The average Bonchev–Trinajstić information content (AvgIpc) is 2.61. The molecular weight excluding hydrogens is 162 g/mol. The van der Waals surface area contributed by atoms with Crippen LogP contribution in [0, 0.1) is 0 Å².